The number of nitrogens with zero attached hydrogens (tertiary/aromatic N) is 6. The normalized spacial score (nSPS) is 25.7. The van der Waals surface area contributed by atoms with E-state index in [4.69, 9.17) is 29.1 Å². The van der Waals surface area contributed by atoms with Gasteiger partial charge in [-0.3, -0.25) is 13.9 Å². The first-order valence-corrected chi connectivity index (χ1v) is 21.6. The molecule has 2 N–H and O–H groups in total. The highest BCUT2D eigenvalue weighted by Crippen LogP contribution is 2.50. The minimum Gasteiger partial charge on any atom is -0.472 e. The van der Waals surface area contributed by atoms with Crippen molar-refractivity contribution in [3.8, 4) is 23.1 Å². The number of aromatic nitrogens is 3. The van der Waals surface area contributed by atoms with Crippen molar-refractivity contribution in [1.82, 2.24) is 24.8 Å². The van der Waals surface area contributed by atoms with E-state index in [9.17, 15) is 30.8 Å². The smallest absolute Gasteiger partial charge is 0.417 e. The molecule has 3 aromatic rings. The number of benzene rings is 1. The number of fused-ring (bicyclic) bond motifs is 5. The Morgan fingerprint density at radius 3 is 2.51 bits per heavy atom. The van der Waals surface area contributed by atoms with Crippen LogP contribution < -0.4 is 20.1 Å². The van der Waals surface area contributed by atoms with Crippen molar-refractivity contribution >= 4 is 38.4 Å². The molecule has 4 aliphatic heterocycles. The van der Waals surface area contributed by atoms with Crippen LogP contribution in [0, 0.1) is 24.0 Å². The van der Waals surface area contributed by atoms with Crippen LogP contribution in [0.1, 0.15) is 70.9 Å². The molecule has 14 nitrogen and oxygen atoms in total. The monoisotopic (exact) mass is 853 g/mol. The van der Waals surface area contributed by atoms with E-state index in [0.717, 1.165) is 39.4 Å². The molecule has 322 valence electrons. The van der Waals surface area contributed by atoms with E-state index < -0.39 is 97.8 Å². The fourth-order valence-corrected chi connectivity index (χ4v) is 10.0. The zero-order valence-electron chi connectivity index (χ0n) is 33.4. The van der Waals surface area contributed by atoms with Gasteiger partial charge >= 0.3 is 12.2 Å². The quantitative estimate of drug-likeness (QED) is 0.152. The molecule has 2 bridgehead atoms. The highest BCUT2D eigenvalue weighted by molar-refractivity contribution is 7.86. The minimum absolute atomic E-state index is 0.0141. The second kappa shape index (κ2) is 15.1. The summed E-state index contributed by atoms with van der Waals surface area (Å²) in [5, 5.41) is -0.0141. The summed E-state index contributed by atoms with van der Waals surface area (Å²) in [4.78, 5) is 33.6. The Bertz CT molecular complexity index is 2280. The van der Waals surface area contributed by atoms with Crippen molar-refractivity contribution in [2.45, 2.75) is 109 Å². The van der Waals surface area contributed by atoms with E-state index in [1.54, 1.807) is 18.7 Å². The van der Waals surface area contributed by atoms with Gasteiger partial charge in [0, 0.05) is 43.2 Å². The summed E-state index contributed by atoms with van der Waals surface area (Å²) >= 11 is 0. The molecule has 4 fully saturated rings. The fourth-order valence-electron chi connectivity index (χ4n) is 9.32. The van der Waals surface area contributed by atoms with Crippen LogP contribution >= 0.6 is 0 Å². The average molecular weight is 854 g/mol. The van der Waals surface area contributed by atoms with Crippen LogP contribution in [0.2, 0.25) is 0 Å². The highest BCUT2D eigenvalue weighted by atomic mass is 32.2. The van der Waals surface area contributed by atoms with E-state index in [0.29, 0.717) is 25.5 Å². The Kier molecular flexibility index (Phi) is 10.6. The highest BCUT2D eigenvalue weighted by Gasteiger charge is 2.54. The van der Waals surface area contributed by atoms with Crippen LogP contribution in [0.3, 0.4) is 0 Å². The van der Waals surface area contributed by atoms with Crippen molar-refractivity contribution < 1.29 is 53.6 Å². The molecule has 6 atom stereocenters. The molecule has 1 saturated carbocycles. The number of piperazine rings is 1. The number of carbonyl (C=O) groups is 1. The Morgan fingerprint density at radius 1 is 1.10 bits per heavy atom. The minimum atomic E-state index is -5.13. The van der Waals surface area contributed by atoms with Crippen LogP contribution in [0.5, 0.6) is 11.9 Å². The molecule has 1 amide bonds. The van der Waals surface area contributed by atoms with E-state index in [1.165, 1.54) is 6.92 Å². The van der Waals surface area contributed by atoms with Gasteiger partial charge in [-0.2, -0.15) is 31.6 Å². The van der Waals surface area contributed by atoms with E-state index in [-0.39, 0.29) is 59.9 Å². The Labute approximate surface area is 338 Å². The van der Waals surface area contributed by atoms with Crippen LogP contribution in [0.15, 0.2) is 6.07 Å². The molecule has 0 spiro atoms. The first-order valence-electron chi connectivity index (χ1n) is 20.1. The lowest BCUT2D eigenvalue weighted by atomic mass is 9.96. The molecule has 3 saturated heterocycles. The predicted octanol–water partition coefficient (Wildman–Crippen LogP) is 5.23. The first kappa shape index (κ1) is 41.6. The zero-order valence-corrected chi connectivity index (χ0v) is 34.3. The number of amides is 1. The van der Waals surface area contributed by atoms with E-state index in [1.807, 2.05) is 11.8 Å². The summed E-state index contributed by atoms with van der Waals surface area (Å²) in [5.41, 5.74) is 0.656. The number of hydrogen-bond donors (Lipinski definition) is 1. The number of carbonyl (C=O) groups excluding carboxylic acids is 1. The van der Waals surface area contributed by atoms with Gasteiger partial charge in [-0.1, -0.05) is 6.92 Å². The lowest BCUT2D eigenvalue weighted by Crippen LogP contribution is -2.66. The fraction of sp³-hybridized carbons (Fsp3) is 0.641. The summed E-state index contributed by atoms with van der Waals surface area (Å²) in [5.74, 6) is -3.46. The third kappa shape index (κ3) is 7.51. The number of halogens is 5. The van der Waals surface area contributed by atoms with Crippen LogP contribution in [-0.4, -0.2) is 121 Å². The van der Waals surface area contributed by atoms with Crippen molar-refractivity contribution in [3.05, 3.63) is 28.8 Å². The molecule has 1 aromatic carbocycles. The van der Waals surface area contributed by atoms with Gasteiger partial charge in [0.1, 0.15) is 34.3 Å². The Hall–Kier alpha value is -4.14. The number of rotatable bonds is 11. The number of nitrogens with two attached hydrogens (primary N) is 1. The number of nitrogen functional groups attached to an aromatic ring is 1. The van der Waals surface area contributed by atoms with Gasteiger partial charge in [0.25, 0.3) is 16.0 Å². The molecule has 8 rings (SSSR count). The lowest BCUT2D eigenvalue weighted by Gasteiger charge is -2.48. The van der Waals surface area contributed by atoms with Crippen molar-refractivity contribution in [2.24, 2.45) is 5.41 Å². The SMILES string of the molecule is CC[C@@H](OS(=O)(=O)CC)C(=O)N1[C@@H]2CC[C@H]1[C@H]1[C@H](C)Oc3nc(-c4cc(N)c(F)c(C)c4C(F)(F)F)c(F)c4nc(OCC5(CN6CCO[C@H](C)C6)CC5)nc(c34)N1C2. The third-order valence-corrected chi connectivity index (χ3v) is 13.6. The molecule has 0 unspecified atom stereocenters. The summed E-state index contributed by atoms with van der Waals surface area (Å²) in [6.07, 6.45) is -4.28. The number of anilines is 2. The maximum Gasteiger partial charge on any atom is 0.417 e. The molecular formula is C39H48F5N7O7S. The third-order valence-electron chi connectivity index (χ3n) is 12.4. The molecule has 6 heterocycles. The summed E-state index contributed by atoms with van der Waals surface area (Å²) in [6, 6.07) is -1.18. The summed E-state index contributed by atoms with van der Waals surface area (Å²) in [6.45, 7) is 10.9. The molecule has 0 radical (unpaired) electrons. The zero-order chi connectivity index (χ0) is 42.3. The molecular weight excluding hydrogens is 806 g/mol. The largest absolute Gasteiger partial charge is 0.472 e. The topological polar surface area (TPSA) is 163 Å². The molecule has 1 aliphatic carbocycles. The van der Waals surface area contributed by atoms with Crippen molar-refractivity contribution in [3.63, 3.8) is 0 Å². The van der Waals surface area contributed by atoms with Gasteiger partial charge in [-0.15, -0.1) is 0 Å². The van der Waals surface area contributed by atoms with Gasteiger partial charge in [0.05, 0.1) is 48.4 Å². The van der Waals surface area contributed by atoms with E-state index in [2.05, 4.69) is 14.9 Å². The standard InChI is InChI=1S/C39H48F5N7O7S/c1-6-26(58-59(53,54)7-2)36(52)51-22-8-9-25(51)33-21(5)57-35-27-32(30(41)31(46-35)23-14-24(45)29(40)20(4)28(23)39(42,43)44)47-37(48-34(27)50(33)16-22)56-18-38(10-11-38)17-49-12-13-55-19(3)15-49/h14,19,21-22,25-26,33H,6-13,15-18,45H2,1-5H3/t19-,21+,22-,25+,26-,33-/m1/s1. The van der Waals surface area contributed by atoms with Gasteiger partial charge in [-0.25, -0.2) is 13.8 Å². The van der Waals surface area contributed by atoms with Crippen LogP contribution in [-0.2, 0) is 30.0 Å². The molecule has 59 heavy (non-hydrogen) atoms. The number of morpholine rings is 1. The average Bonchev–Trinajstić information content (AvgIpc) is 3.90. The first-order chi connectivity index (χ1) is 27.8. The predicted molar refractivity (Wildman–Crippen MR) is 205 cm³/mol. The van der Waals surface area contributed by atoms with Crippen LogP contribution in [0.25, 0.3) is 22.2 Å². The second-order valence-corrected chi connectivity index (χ2v) is 18.4. The van der Waals surface area contributed by atoms with Gasteiger partial charge in [0.2, 0.25) is 5.88 Å². The maximum absolute atomic E-state index is 17.2. The summed E-state index contributed by atoms with van der Waals surface area (Å²) < 4.78 is 125. The van der Waals surface area contributed by atoms with Gasteiger partial charge in [-0.05, 0) is 71.4 Å². The number of hydrogen-bond acceptors (Lipinski definition) is 13. The number of alkyl halides is 3. The molecule has 20 heteroatoms. The van der Waals surface area contributed by atoms with Crippen molar-refractivity contribution in [2.75, 3.05) is 55.8 Å². The van der Waals surface area contributed by atoms with Gasteiger partial charge in [0.15, 0.2) is 11.9 Å². The molecule has 5 aliphatic rings. The van der Waals surface area contributed by atoms with Crippen LogP contribution in [0.4, 0.5) is 33.5 Å². The number of pyridine rings is 1. The van der Waals surface area contributed by atoms with Gasteiger partial charge < -0.3 is 29.7 Å². The second-order valence-electron chi connectivity index (χ2n) is 16.5. The maximum atomic E-state index is 17.2. The van der Waals surface area contributed by atoms with Crippen molar-refractivity contribution in [1.29, 1.82) is 0 Å². The molecule has 2 aromatic heterocycles. The Morgan fingerprint density at radius 2 is 1.85 bits per heavy atom. The number of ether oxygens (including phenoxy) is 3. The Balaban J connectivity index is 1.24. The van der Waals surface area contributed by atoms with E-state index >= 15 is 4.39 Å². The summed E-state index contributed by atoms with van der Waals surface area (Å²) in [7, 11) is -3.98. The lowest BCUT2D eigenvalue weighted by molar-refractivity contribution is -0.143.